The Labute approximate surface area is 162 Å². The van der Waals surface area contributed by atoms with Gasteiger partial charge in [-0.05, 0) is 31.4 Å². The van der Waals surface area contributed by atoms with Gasteiger partial charge in [-0.15, -0.1) is 11.8 Å². The van der Waals surface area contributed by atoms with E-state index in [2.05, 4.69) is 47.2 Å². The number of hydrogen-bond donors (Lipinski definition) is 3. The van der Waals surface area contributed by atoms with Crippen LogP contribution in [0, 0.1) is 0 Å². The van der Waals surface area contributed by atoms with Gasteiger partial charge in [0.15, 0.2) is 5.96 Å². The minimum Gasteiger partial charge on any atom is -0.370 e. The maximum absolute atomic E-state index is 5.56. The number of nitrogens with zero attached hydrogens (tertiary/aromatic N) is 2. The van der Waals surface area contributed by atoms with E-state index in [0.717, 1.165) is 11.7 Å². The van der Waals surface area contributed by atoms with Gasteiger partial charge < -0.3 is 17.2 Å². The smallest absolute Gasteiger partial charge is 0.218 e. The molecule has 1 unspecified atom stereocenters. The van der Waals surface area contributed by atoms with E-state index in [1.54, 1.807) is 0 Å². The average Bonchev–Trinajstić information content (AvgIpc) is 2.60. The Morgan fingerprint density at radius 1 is 0.923 bits per heavy atom. The van der Waals surface area contributed by atoms with Gasteiger partial charge in [0.1, 0.15) is 0 Å². The Bertz CT molecular complexity index is 526. The summed E-state index contributed by atoms with van der Waals surface area (Å²) < 4.78 is 0. The largest absolute Gasteiger partial charge is 0.370 e. The van der Waals surface area contributed by atoms with Crippen molar-refractivity contribution in [3.63, 3.8) is 0 Å². The van der Waals surface area contributed by atoms with Crippen molar-refractivity contribution in [3.05, 3.63) is 30.3 Å². The fourth-order valence-electron chi connectivity index (χ4n) is 2.83. The Hall–Kier alpha value is -1.69. The van der Waals surface area contributed by atoms with Crippen molar-refractivity contribution in [2.45, 2.75) is 74.9 Å². The van der Waals surface area contributed by atoms with E-state index in [9.17, 15) is 0 Å². The summed E-state index contributed by atoms with van der Waals surface area (Å²) in [6, 6.07) is 10.8. The fraction of sp³-hybridized carbons (Fsp3) is 0.600. The molecule has 0 aliphatic carbocycles. The first-order chi connectivity index (χ1) is 12.6. The highest BCUT2D eigenvalue weighted by atomic mass is 32.2. The fourth-order valence-corrected chi connectivity index (χ4v) is 4.17. The first-order valence-electron chi connectivity index (χ1n) is 9.73. The second-order valence-electron chi connectivity index (χ2n) is 6.53. The van der Waals surface area contributed by atoms with Crippen LogP contribution in [0.5, 0.6) is 0 Å². The van der Waals surface area contributed by atoms with Gasteiger partial charge in [-0.3, -0.25) is 4.99 Å². The molecule has 0 amide bonds. The number of benzene rings is 1. The van der Waals surface area contributed by atoms with Crippen LogP contribution in [0.3, 0.4) is 0 Å². The molecule has 26 heavy (non-hydrogen) atoms. The van der Waals surface area contributed by atoms with Crippen molar-refractivity contribution in [3.8, 4) is 0 Å². The minimum absolute atomic E-state index is 0.0435. The quantitative estimate of drug-likeness (QED) is 0.207. The molecule has 0 aliphatic heterocycles. The average molecular weight is 378 g/mol. The summed E-state index contributed by atoms with van der Waals surface area (Å²) in [5.41, 5.74) is 16.0. The number of thioether (sulfide) groups is 1. The van der Waals surface area contributed by atoms with Crippen molar-refractivity contribution in [1.29, 1.82) is 0 Å². The standard InChI is InChI=1S/C20H35N5S/c1-2-12-17(26-18-14-9-7-10-15-18)13-8-5-3-4-6-11-16-24-20(23)25-19(21)22/h7,9-10,14-15,17H,2-6,8,11-13,16H2,1H3,(H6,21,22,23,24,25). The summed E-state index contributed by atoms with van der Waals surface area (Å²) >= 11 is 2.04. The van der Waals surface area contributed by atoms with Crippen LogP contribution in [-0.2, 0) is 0 Å². The Morgan fingerprint density at radius 2 is 1.58 bits per heavy atom. The highest BCUT2D eigenvalue weighted by molar-refractivity contribution is 8.00. The molecule has 1 aromatic carbocycles. The van der Waals surface area contributed by atoms with Gasteiger partial charge in [-0.1, -0.05) is 63.6 Å². The molecule has 6 N–H and O–H groups in total. The van der Waals surface area contributed by atoms with E-state index in [-0.39, 0.29) is 11.9 Å². The molecule has 0 aromatic heterocycles. The molecule has 0 saturated carbocycles. The van der Waals surface area contributed by atoms with Crippen LogP contribution in [0.2, 0.25) is 0 Å². The van der Waals surface area contributed by atoms with Crippen LogP contribution in [0.1, 0.15) is 64.7 Å². The lowest BCUT2D eigenvalue weighted by Crippen LogP contribution is -2.26. The molecule has 6 heteroatoms. The molecule has 0 saturated heterocycles. The van der Waals surface area contributed by atoms with Crippen molar-refractivity contribution < 1.29 is 0 Å². The normalized spacial score (nSPS) is 12.7. The van der Waals surface area contributed by atoms with E-state index in [0.29, 0.717) is 6.54 Å². The third kappa shape index (κ3) is 11.8. The maximum Gasteiger partial charge on any atom is 0.218 e. The molecule has 0 bridgehead atoms. The number of aliphatic imine (C=N–C) groups is 2. The Balaban J connectivity index is 2.08. The van der Waals surface area contributed by atoms with E-state index in [4.69, 9.17) is 17.2 Å². The van der Waals surface area contributed by atoms with Gasteiger partial charge in [-0.25, -0.2) is 0 Å². The number of nitrogens with two attached hydrogens (primary N) is 3. The molecule has 1 aromatic rings. The third-order valence-electron chi connectivity index (χ3n) is 4.11. The van der Waals surface area contributed by atoms with Crippen LogP contribution >= 0.6 is 11.8 Å². The van der Waals surface area contributed by atoms with E-state index < -0.39 is 0 Å². The monoisotopic (exact) mass is 377 g/mol. The lowest BCUT2D eigenvalue weighted by Gasteiger charge is -2.15. The van der Waals surface area contributed by atoms with E-state index >= 15 is 0 Å². The summed E-state index contributed by atoms with van der Waals surface area (Å²) in [6.07, 6.45) is 11.3. The van der Waals surface area contributed by atoms with Gasteiger partial charge in [-0.2, -0.15) is 4.99 Å². The van der Waals surface area contributed by atoms with Gasteiger partial charge in [0.2, 0.25) is 5.96 Å². The molecule has 0 fully saturated rings. The molecule has 0 heterocycles. The molecular formula is C20H35N5S. The van der Waals surface area contributed by atoms with Gasteiger partial charge in [0.05, 0.1) is 0 Å². The molecule has 1 atom stereocenters. The highest BCUT2D eigenvalue weighted by Gasteiger charge is 2.09. The number of hydrogen-bond acceptors (Lipinski definition) is 2. The lowest BCUT2D eigenvalue weighted by molar-refractivity contribution is 0.564. The molecule has 146 valence electrons. The number of guanidine groups is 2. The second-order valence-corrected chi connectivity index (χ2v) is 7.90. The molecule has 1 rings (SSSR count). The predicted octanol–water partition coefficient (Wildman–Crippen LogP) is 4.27. The lowest BCUT2D eigenvalue weighted by atomic mass is 10.1. The SMILES string of the molecule is CCCC(CCCCCCCCN=C(N)N=C(N)N)Sc1ccccc1. The Kier molecular flexibility index (Phi) is 12.4. The van der Waals surface area contributed by atoms with E-state index in [1.807, 2.05) is 11.8 Å². The summed E-state index contributed by atoms with van der Waals surface area (Å²) in [5, 5.41) is 0.746. The third-order valence-corrected chi connectivity index (χ3v) is 5.46. The van der Waals surface area contributed by atoms with Crippen LogP contribution < -0.4 is 17.2 Å². The molecule has 0 radical (unpaired) electrons. The van der Waals surface area contributed by atoms with Crippen molar-refractivity contribution in [2.75, 3.05) is 6.54 Å². The summed E-state index contributed by atoms with van der Waals surface area (Å²) in [7, 11) is 0. The molecule has 0 aliphatic rings. The zero-order chi connectivity index (χ0) is 19.0. The zero-order valence-electron chi connectivity index (χ0n) is 16.1. The van der Waals surface area contributed by atoms with Crippen LogP contribution in [0.15, 0.2) is 45.2 Å². The topological polar surface area (TPSA) is 103 Å². The van der Waals surface area contributed by atoms with Gasteiger partial charge in [0, 0.05) is 16.7 Å². The van der Waals surface area contributed by atoms with Crippen molar-refractivity contribution in [1.82, 2.24) is 0 Å². The second kappa shape index (κ2) is 14.5. The van der Waals surface area contributed by atoms with Crippen molar-refractivity contribution in [2.24, 2.45) is 27.2 Å². The number of unbranched alkanes of at least 4 members (excludes halogenated alkanes) is 5. The van der Waals surface area contributed by atoms with Crippen molar-refractivity contribution >= 4 is 23.7 Å². The molecule has 0 spiro atoms. The minimum atomic E-state index is -0.0435. The summed E-state index contributed by atoms with van der Waals surface area (Å²) in [5.74, 6) is 0.126. The molecular weight excluding hydrogens is 342 g/mol. The van der Waals surface area contributed by atoms with Crippen LogP contribution in [0.4, 0.5) is 0 Å². The Morgan fingerprint density at radius 3 is 2.23 bits per heavy atom. The zero-order valence-corrected chi connectivity index (χ0v) is 16.9. The summed E-state index contributed by atoms with van der Waals surface area (Å²) in [4.78, 5) is 9.22. The van der Waals surface area contributed by atoms with Gasteiger partial charge >= 0.3 is 0 Å². The summed E-state index contributed by atoms with van der Waals surface area (Å²) in [6.45, 7) is 2.97. The van der Waals surface area contributed by atoms with Gasteiger partial charge in [0.25, 0.3) is 0 Å². The van der Waals surface area contributed by atoms with E-state index in [1.165, 1.54) is 56.3 Å². The number of rotatable bonds is 13. The first kappa shape index (κ1) is 22.4. The molecule has 5 nitrogen and oxygen atoms in total. The predicted molar refractivity (Wildman–Crippen MR) is 116 cm³/mol. The van der Waals surface area contributed by atoms with Crippen LogP contribution in [0.25, 0.3) is 0 Å². The maximum atomic E-state index is 5.56. The highest BCUT2D eigenvalue weighted by Crippen LogP contribution is 2.29. The van der Waals surface area contributed by atoms with Crippen LogP contribution in [-0.4, -0.2) is 23.7 Å². The first-order valence-corrected chi connectivity index (χ1v) is 10.6.